The molecule has 1 amide bonds. The molecule has 164 valence electrons. The molecule has 7 rings (SSSR count). The third-order valence-corrected chi connectivity index (χ3v) is 6.20. The van der Waals surface area contributed by atoms with Gasteiger partial charge >= 0.3 is 0 Å². The lowest BCUT2D eigenvalue weighted by molar-refractivity contribution is 0.0154. The number of amides is 1. The van der Waals surface area contributed by atoms with Gasteiger partial charge in [0.15, 0.2) is 11.5 Å². The Morgan fingerprint density at radius 1 is 1.25 bits per heavy atom. The number of carbonyl (C=O) groups is 1. The van der Waals surface area contributed by atoms with Gasteiger partial charge in [0.25, 0.3) is 11.8 Å². The third kappa shape index (κ3) is 2.86. The highest BCUT2D eigenvalue weighted by molar-refractivity contribution is 6.02. The van der Waals surface area contributed by atoms with Crippen molar-refractivity contribution >= 4 is 23.0 Å². The van der Waals surface area contributed by atoms with Crippen molar-refractivity contribution in [1.29, 1.82) is 0 Å². The third-order valence-electron chi connectivity index (χ3n) is 6.20. The lowest BCUT2D eigenvalue weighted by Crippen LogP contribution is -2.45. The molecule has 32 heavy (non-hydrogen) atoms. The Bertz CT molecular complexity index is 1370. The van der Waals surface area contributed by atoms with Gasteiger partial charge in [-0.3, -0.25) is 9.20 Å². The van der Waals surface area contributed by atoms with E-state index in [-0.39, 0.29) is 23.0 Å². The fourth-order valence-electron chi connectivity index (χ4n) is 4.94. The predicted octanol–water partition coefficient (Wildman–Crippen LogP) is 2.63. The van der Waals surface area contributed by atoms with Gasteiger partial charge in [0.2, 0.25) is 5.65 Å². The molecule has 10 nitrogen and oxygen atoms in total. The SMILES string of the molecule is CC(C)Oc1nc(NC(=O)c2cccc3ncnn23)cn2cc(C34COC(C)(C3)C4)nc12. The van der Waals surface area contributed by atoms with Gasteiger partial charge in [-0.15, -0.1) is 0 Å². The number of hydrogen-bond acceptors (Lipinski definition) is 7. The molecule has 1 saturated carbocycles. The first kappa shape index (κ1) is 19.2. The molecular formula is C22H23N7O3. The van der Waals surface area contributed by atoms with Gasteiger partial charge in [-0.1, -0.05) is 6.07 Å². The van der Waals surface area contributed by atoms with Crippen molar-refractivity contribution in [3.63, 3.8) is 0 Å². The number of nitrogens with one attached hydrogen (secondary N) is 1. The van der Waals surface area contributed by atoms with Crippen LogP contribution in [-0.2, 0) is 10.2 Å². The maximum absolute atomic E-state index is 13.0. The second-order valence-electron chi connectivity index (χ2n) is 9.22. The highest BCUT2D eigenvalue weighted by Crippen LogP contribution is 2.58. The smallest absolute Gasteiger partial charge is 0.275 e. The summed E-state index contributed by atoms with van der Waals surface area (Å²) in [7, 11) is 0. The number of anilines is 1. The summed E-state index contributed by atoms with van der Waals surface area (Å²) in [6.45, 7) is 6.68. The second-order valence-corrected chi connectivity index (χ2v) is 9.22. The largest absolute Gasteiger partial charge is 0.472 e. The van der Waals surface area contributed by atoms with Crippen molar-refractivity contribution in [2.75, 3.05) is 11.9 Å². The van der Waals surface area contributed by atoms with Crippen LogP contribution in [0.2, 0.25) is 0 Å². The molecule has 0 atom stereocenters. The van der Waals surface area contributed by atoms with E-state index in [0.717, 1.165) is 18.5 Å². The van der Waals surface area contributed by atoms with Crippen molar-refractivity contribution in [2.24, 2.45) is 0 Å². The highest BCUT2D eigenvalue weighted by Gasteiger charge is 2.61. The summed E-state index contributed by atoms with van der Waals surface area (Å²) in [5.74, 6) is 0.389. The zero-order valence-corrected chi connectivity index (χ0v) is 18.1. The molecule has 10 heteroatoms. The van der Waals surface area contributed by atoms with Crippen LogP contribution in [0.15, 0.2) is 36.9 Å². The standard InChI is InChI=1S/C22H23N7O3/c1-13(2)32-20-18-25-15(22-9-21(3,10-22)31-11-22)7-28(18)8-16(27-20)26-19(30)14-5-4-6-17-23-12-24-29(14)17/h4-8,12-13H,9-11H2,1-3H3,(H,26,30). The molecule has 2 saturated heterocycles. The van der Waals surface area contributed by atoms with Gasteiger partial charge in [0.1, 0.15) is 12.0 Å². The van der Waals surface area contributed by atoms with Crippen LogP contribution in [0.1, 0.15) is 49.8 Å². The van der Waals surface area contributed by atoms with Crippen molar-refractivity contribution in [2.45, 2.75) is 50.7 Å². The van der Waals surface area contributed by atoms with Gasteiger partial charge < -0.3 is 14.8 Å². The minimum atomic E-state index is -0.346. The summed E-state index contributed by atoms with van der Waals surface area (Å²) in [4.78, 5) is 26.5. The summed E-state index contributed by atoms with van der Waals surface area (Å²) in [5, 5.41) is 6.98. The van der Waals surface area contributed by atoms with Crippen molar-refractivity contribution in [1.82, 2.24) is 29.0 Å². The number of hydrogen-bond donors (Lipinski definition) is 1. The van der Waals surface area contributed by atoms with Gasteiger partial charge in [-0.2, -0.15) is 10.1 Å². The number of ether oxygens (including phenoxy) is 2. The summed E-state index contributed by atoms with van der Waals surface area (Å²) >= 11 is 0. The average Bonchev–Trinajstić information content (AvgIpc) is 3.47. The Hall–Kier alpha value is -3.53. The first-order valence-electron chi connectivity index (χ1n) is 10.7. The molecule has 3 fully saturated rings. The van der Waals surface area contributed by atoms with E-state index in [1.165, 1.54) is 10.8 Å². The van der Waals surface area contributed by atoms with E-state index >= 15 is 0 Å². The molecule has 1 N–H and O–H groups in total. The maximum atomic E-state index is 13.0. The van der Waals surface area contributed by atoms with Crippen LogP contribution in [0.4, 0.5) is 5.82 Å². The van der Waals surface area contributed by atoms with E-state index in [1.807, 2.05) is 24.4 Å². The Labute approximate surface area is 183 Å². The van der Waals surface area contributed by atoms with Gasteiger partial charge in [-0.05, 0) is 45.7 Å². The Kier molecular flexibility index (Phi) is 3.89. The van der Waals surface area contributed by atoms with Gasteiger partial charge in [-0.25, -0.2) is 14.5 Å². The van der Waals surface area contributed by atoms with E-state index in [4.69, 9.17) is 14.5 Å². The molecule has 0 radical (unpaired) electrons. The van der Waals surface area contributed by atoms with Crippen molar-refractivity contribution in [3.05, 3.63) is 48.3 Å². The zero-order valence-electron chi connectivity index (χ0n) is 18.1. The number of imidazole rings is 1. The predicted molar refractivity (Wildman–Crippen MR) is 115 cm³/mol. The van der Waals surface area contributed by atoms with Gasteiger partial charge in [0, 0.05) is 11.6 Å². The van der Waals surface area contributed by atoms with E-state index in [0.29, 0.717) is 35.3 Å². The van der Waals surface area contributed by atoms with Crippen molar-refractivity contribution in [3.8, 4) is 5.88 Å². The van der Waals surface area contributed by atoms with Crippen LogP contribution in [0.25, 0.3) is 11.3 Å². The fourth-order valence-corrected chi connectivity index (χ4v) is 4.94. The molecule has 1 aliphatic carbocycles. The molecule has 6 heterocycles. The molecule has 0 spiro atoms. The molecule has 4 aromatic rings. The topological polar surface area (TPSA) is 108 Å². The Balaban J connectivity index is 1.38. The average molecular weight is 433 g/mol. The molecule has 0 unspecified atom stereocenters. The minimum absolute atomic E-state index is 0.0349. The normalized spacial score (nSPS) is 24.2. The quantitative estimate of drug-likeness (QED) is 0.515. The molecular weight excluding hydrogens is 410 g/mol. The fraction of sp³-hybridized carbons (Fsp3) is 0.409. The zero-order chi connectivity index (χ0) is 22.1. The Morgan fingerprint density at radius 2 is 2.09 bits per heavy atom. The summed E-state index contributed by atoms with van der Waals surface area (Å²) < 4.78 is 15.3. The van der Waals surface area contributed by atoms with E-state index < -0.39 is 0 Å². The molecule has 2 bridgehead atoms. The monoisotopic (exact) mass is 433 g/mol. The molecule has 4 aromatic heterocycles. The first-order chi connectivity index (χ1) is 15.3. The highest BCUT2D eigenvalue weighted by atomic mass is 16.5. The Morgan fingerprint density at radius 3 is 2.84 bits per heavy atom. The summed E-state index contributed by atoms with van der Waals surface area (Å²) in [6, 6.07) is 5.23. The van der Waals surface area contributed by atoms with Crippen LogP contribution in [0.3, 0.4) is 0 Å². The maximum Gasteiger partial charge on any atom is 0.275 e. The molecule has 0 aromatic carbocycles. The number of aromatic nitrogens is 6. The van der Waals surface area contributed by atoms with Crippen LogP contribution in [-0.4, -0.2) is 53.2 Å². The number of nitrogens with zero attached hydrogens (tertiary/aromatic N) is 6. The van der Waals surface area contributed by atoms with E-state index in [2.05, 4.69) is 27.3 Å². The number of fused-ring (bicyclic) bond motifs is 3. The minimum Gasteiger partial charge on any atom is -0.472 e. The van der Waals surface area contributed by atoms with Crippen molar-refractivity contribution < 1.29 is 14.3 Å². The number of carbonyl (C=O) groups excluding carboxylic acids is 1. The second kappa shape index (κ2) is 6.49. The number of pyridine rings is 1. The lowest BCUT2D eigenvalue weighted by Gasteiger charge is -2.41. The van der Waals surface area contributed by atoms with Crippen LogP contribution >= 0.6 is 0 Å². The van der Waals surface area contributed by atoms with E-state index in [1.54, 1.807) is 24.4 Å². The van der Waals surface area contributed by atoms with Crippen LogP contribution < -0.4 is 10.1 Å². The van der Waals surface area contributed by atoms with E-state index in [9.17, 15) is 4.79 Å². The van der Waals surface area contributed by atoms with Crippen LogP contribution in [0, 0.1) is 0 Å². The lowest BCUT2D eigenvalue weighted by atomic mass is 9.62. The summed E-state index contributed by atoms with van der Waals surface area (Å²) in [5.41, 5.74) is 2.46. The summed E-state index contributed by atoms with van der Waals surface area (Å²) in [6.07, 6.45) is 6.98. The first-order valence-corrected chi connectivity index (χ1v) is 10.7. The number of rotatable bonds is 5. The molecule has 2 aliphatic heterocycles. The molecule has 3 aliphatic rings. The van der Waals surface area contributed by atoms with Gasteiger partial charge in [0.05, 0.1) is 30.2 Å². The van der Waals surface area contributed by atoms with Crippen LogP contribution in [0.5, 0.6) is 5.88 Å².